The van der Waals surface area contributed by atoms with Gasteiger partial charge in [-0.1, -0.05) is 0 Å². The van der Waals surface area contributed by atoms with Gasteiger partial charge in [0.15, 0.2) is 0 Å². The van der Waals surface area contributed by atoms with Crippen LogP contribution in [0.4, 0.5) is 0 Å². The Kier molecular flexibility index (Phi) is 1.68. The van der Waals surface area contributed by atoms with E-state index in [1.165, 1.54) is 31.7 Å². The van der Waals surface area contributed by atoms with E-state index in [-0.39, 0.29) is 0 Å². The van der Waals surface area contributed by atoms with Crippen LogP contribution in [0.5, 0.6) is 0 Å². The molecule has 2 aliphatic heterocycles. The first kappa shape index (κ1) is 6.05. The summed E-state index contributed by atoms with van der Waals surface area (Å²) in [5, 5.41) is 4.44. The topological polar surface area (TPSA) is 12.0 Å². The monoisotopic (exact) mass is 143 g/mol. The minimum atomic E-state index is 0.979. The number of rotatable bonds is 0. The molecule has 2 fully saturated rings. The molecule has 2 unspecified atom stereocenters. The van der Waals surface area contributed by atoms with Crippen molar-refractivity contribution in [1.29, 1.82) is 0 Å². The Morgan fingerprint density at radius 1 is 1.44 bits per heavy atom. The van der Waals surface area contributed by atoms with Gasteiger partial charge in [-0.15, -0.1) is 0 Å². The normalized spacial score (nSPS) is 42.7. The maximum atomic E-state index is 3.46. The van der Waals surface area contributed by atoms with Crippen LogP contribution < -0.4 is 5.32 Å². The zero-order valence-electron chi connectivity index (χ0n) is 5.60. The van der Waals surface area contributed by atoms with Crippen LogP contribution in [0.2, 0.25) is 0 Å². The molecule has 52 valence electrons. The fourth-order valence-corrected chi connectivity index (χ4v) is 2.87. The third-order valence-electron chi connectivity index (χ3n) is 2.32. The zero-order valence-corrected chi connectivity index (χ0v) is 6.41. The lowest BCUT2D eigenvalue weighted by Gasteiger charge is -2.34. The molecular formula is C7H13NS. The number of fused-ring (bicyclic) bond motifs is 1. The summed E-state index contributed by atoms with van der Waals surface area (Å²) in [5.74, 6) is 2.51. The van der Waals surface area contributed by atoms with Gasteiger partial charge in [-0.3, -0.25) is 0 Å². The number of nitrogens with one attached hydrogen (secondary N) is 1. The van der Waals surface area contributed by atoms with E-state index in [0.29, 0.717) is 0 Å². The van der Waals surface area contributed by atoms with E-state index in [1.807, 2.05) is 0 Å². The minimum absolute atomic E-state index is 0.979. The summed E-state index contributed by atoms with van der Waals surface area (Å²) in [6.45, 7) is 2.53. The largest absolute Gasteiger partial charge is 0.316 e. The molecule has 2 heterocycles. The lowest BCUT2D eigenvalue weighted by atomic mass is 10.0. The maximum absolute atomic E-state index is 3.46. The quantitative estimate of drug-likeness (QED) is 0.545. The molecule has 9 heavy (non-hydrogen) atoms. The highest BCUT2D eigenvalue weighted by atomic mass is 32.2. The fourth-order valence-electron chi connectivity index (χ4n) is 1.60. The molecule has 0 aromatic rings. The second-order valence-electron chi connectivity index (χ2n) is 2.98. The van der Waals surface area contributed by atoms with Crippen LogP contribution in [-0.2, 0) is 0 Å². The van der Waals surface area contributed by atoms with Crippen molar-refractivity contribution < 1.29 is 0 Å². The van der Waals surface area contributed by atoms with Crippen LogP contribution in [-0.4, -0.2) is 24.1 Å². The van der Waals surface area contributed by atoms with E-state index >= 15 is 0 Å². The summed E-state index contributed by atoms with van der Waals surface area (Å²) < 4.78 is 0. The Labute approximate surface area is 60.6 Å². The van der Waals surface area contributed by atoms with Crippen LogP contribution in [0.15, 0.2) is 0 Å². The first-order valence-electron chi connectivity index (χ1n) is 3.79. The van der Waals surface area contributed by atoms with Gasteiger partial charge >= 0.3 is 0 Å². The second-order valence-corrected chi connectivity index (χ2v) is 4.25. The van der Waals surface area contributed by atoms with Crippen LogP contribution in [0, 0.1) is 5.92 Å². The van der Waals surface area contributed by atoms with Crippen molar-refractivity contribution in [3.8, 4) is 0 Å². The first-order valence-corrected chi connectivity index (χ1v) is 4.84. The smallest absolute Gasteiger partial charge is 0.0208 e. The summed E-state index contributed by atoms with van der Waals surface area (Å²) in [5.41, 5.74) is 0. The average Bonchev–Trinajstić information content (AvgIpc) is 1.94. The Bertz CT molecular complexity index is 93.1. The molecule has 1 nitrogen and oxygen atoms in total. The molecule has 1 N–H and O–H groups in total. The number of hydrogen-bond acceptors (Lipinski definition) is 2. The first-order chi connectivity index (χ1) is 4.47. The van der Waals surface area contributed by atoms with Crippen molar-refractivity contribution in [2.75, 3.05) is 18.8 Å². The van der Waals surface area contributed by atoms with Crippen LogP contribution in [0.1, 0.15) is 12.8 Å². The van der Waals surface area contributed by atoms with Crippen molar-refractivity contribution in [3.05, 3.63) is 0 Å². The maximum Gasteiger partial charge on any atom is 0.0208 e. The van der Waals surface area contributed by atoms with Crippen molar-refractivity contribution >= 4 is 11.8 Å². The molecule has 2 aliphatic rings. The average molecular weight is 143 g/mol. The van der Waals surface area contributed by atoms with E-state index in [2.05, 4.69) is 17.1 Å². The van der Waals surface area contributed by atoms with Crippen molar-refractivity contribution in [2.24, 2.45) is 5.92 Å². The summed E-state index contributed by atoms with van der Waals surface area (Å²) in [6.07, 6.45) is 2.88. The Morgan fingerprint density at radius 2 is 2.44 bits per heavy atom. The summed E-state index contributed by atoms with van der Waals surface area (Å²) in [7, 11) is 0. The number of thioether (sulfide) groups is 1. The summed E-state index contributed by atoms with van der Waals surface area (Å²) >= 11 is 2.14. The van der Waals surface area contributed by atoms with Crippen LogP contribution in [0.25, 0.3) is 0 Å². The standard InChI is InChI=1S/C7H13NS/c1-2-6-5-9-7(6)4-8-3-1/h6-8H,1-5H2. The highest BCUT2D eigenvalue weighted by Gasteiger charge is 2.31. The molecule has 2 rings (SSSR count). The molecule has 2 heteroatoms. The summed E-state index contributed by atoms with van der Waals surface area (Å²) in [6, 6.07) is 0. The lowest BCUT2D eigenvalue weighted by molar-refractivity contribution is 0.507. The lowest BCUT2D eigenvalue weighted by Crippen LogP contribution is -2.36. The van der Waals surface area contributed by atoms with Crippen molar-refractivity contribution in [3.63, 3.8) is 0 Å². The van der Waals surface area contributed by atoms with Gasteiger partial charge in [0.2, 0.25) is 0 Å². The van der Waals surface area contributed by atoms with Gasteiger partial charge < -0.3 is 5.32 Å². The summed E-state index contributed by atoms with van der Waals surface area (Å²) in [4.78, 5) is 0. The Hall–Kier alpha value is 0.310. The molecule has 0 bridgehead atoms. The van der Waals surface area contributed by atoms with Gasteiger partial charge in [-0.25, -0.2) is 0 Å². The highest BCUT2D eigenvalue weighted by molar-refractivity contribution is 8.01. The minimum Gasteiger partial charge on any atom is -0.316 e. The molecule has 0 amide bonds. The van der Waals surface area contributed by atoms with Crippen molar-refractivity contribution in [2.45, 2.75) is 18.1 Å². The third-order valence-corrected chi connectivity index (χ3v) is 3.92. The van der Waals surface area contributed by atoms with Gasteiger partial charge in [0.05, 0.1) is 0 Å². The number of hydrogen-bond donors (Lipinski definition) is 1. The van der Waals surface area contributed by atoms with Crippen molar-refractivity contribution in [1.82, 2.24) is 5.32 Å². The fraction of sp³-hybridized carbons (Fsp3) is 1.00. The Morgan fingerprint density at radius 3 is 3.22 bits per heavy atom. The Balaban J connectivity index is 1.90. The van der Waals surface area contributed by atoms with E-state index in [4.69, 9.17) is 0 Å². The van der Waals surface area contributed by atoms with Gasteiger partial charge in [0, 0.05) is 11.8 Å². The van der Waals surface area contributed by atoms with E-state index in [9.17, 15) is 0 Å². The molecule has 0 aromatic heterocycles. The van der Waals surface area contributed by atoms with Gasteiger partial charge in [-0.05, 0) is 31.1 Å². The van der Waals surface area contributed by atoms with Gasteiger partial charge in [-0.2, -0.15) is 11.8 Å². The SMILES string of the molecule is C1CNCC2SCC2C1. The molecule has 0 aliphatic carbocycles. The third kappa shape index (κ3) is 1.10. The molecular weight excluding hydrogens is 130 g/mol. The van der Waals surface area contributed by atoms with Crippen LogP contribution >= 0.6 is 11.8 Å². The molecule has 0 aromatic carbocycles. The molecule has 2 atom stereocenters. The van der Waals surface area contributed by atoms with E-state index < -0.39 is 0 Å². The van der Waals surface area contributed by atoms with Gasteiger partial charge in [0.1, 0.15) is 0 Å². The molecule has 2 saturated heterocycles. The molecule has 0 radical (unpaired) electrons. The van der Waals surface area contributed by atoms with E-state index in [0.717, 1.165) is 11.2 Å². The predicted octanol–water partition coefficient (Wildman–Crippen LogP) is 1.10. The van der Waals surface area contributed by atoms with Crippen LogP contribution in [0.3, 0.4) is 0 Å². The second kappa shape index (κ2) is 2.51. The van der Waals surface area contributed by atoms with Gasteiger partial charge in [0.25, 0.3) is 0 Å². The molecule has 0 spiro atoms. The predicted molar refractivity (Wildman–Crippen MR) is 41.8 cm³/mol. The van der Waals surface area contributed by atoms with E-state index in [1.54, 1.807) is 0 Å². The highest BCUT2D eigenvalue weighted by Crippen LogP contribution is 2.37. The molecule has 0 saturated carbocycles. The zero-order chi connectivity index (χ0) is 6.10.